The summed E-state index contributed by atoms with van der Waals surface area (Å²) < 4.78 is 5.83. The first kappa shape index (κ1) is 21.3. The minimum Gasteiger partial charge on any atom is -0.492 e. The van der Waals surface area contributed by atoms with Crippen molar-refractivity contribution in [3.05, 3.63) is 48.3 Å². The molecule has 3 aromatic rings. The number of H-pyrrole nitrogens is 1. The monoisotopic (exact) mass is 387 g/mol. The number of aromatic nitrogens is 2. The van der Waals surface area contributed by atoms with E-state index in [1.807, 2.05) is 12.1 Å². The minimum absolute atomic E-state index is 0. The van der Waals surface area contributed by atoms with E-state index in [1.165, 1.54) is 29.5 Å². The molecule has 0 saturated heterocycles. The minimum atomic E-state index is 0. The Morgan fingerprint density at radius 2 is 1.85 bits per heavy atom. The first-order valence-corrected chi connectivity index (χ1v) is 9.52. The van der Waals surface area contributed by atoms with Crippen molar-refractivity contribution in [2.45, 2.75) is 33.6 Å². The van der Waals surface area contributed by atoms with Crippen LogP contribution in [0.25, 0.3) is 22.2 Å². The number of benzene rings is 2. The molecular formula is C22H30ClN3O. The first-order chi connectivity index (χ1) is 12.6. The smallest absolute Gasteiger partial charge is 0.119 e. The molecule has 0 aliphatic carbocycles. The van der Waals surface area contributed by atoms with Gasteiger partial charge in [0, 0.05) is 6.54 Å². The fraction of sp³-hybridized carbons (Fsp3) is 0.409. The number of fused-ring (bicyclic) bond motifs is 1. The standard InChI is InChI=1S/C22H29N3O.ClH/c1-16(2)5-4-12-23-13-14-26-19-8-6-18(7-9-19)20-10-11-21-22(17(20)3)25-15-24-21;/h6-11,15-16,23H,4-5,12-14H2,1-3H3,(H,24,25);1H. The van der Waals surface area contributed by atoms with Gasteiger partial charge in [0.2, 0.25) is 0 Å². The number of nitrogens with one attached hydrogen (secondary N) is 2. The fourth-order valence-electron chi connectivity index (χ4n) is 3.19. The Labute approximate surface area is 168 Å². The lowest BCUT2D eigenvalue weighted by molar-refractivity contribution is 0.313. The van der Waals surface area contributed by atoms with Crippen molar-refractivity contribution >= 4 is 23.4 Å². The van der Waals surface area contributed by atoms with Crippen LogP contribution in [-0.2, 0) is 0 Å². The molecule has 1 heterocycles. The zero-order valence-electron chi connectivity index (χ0n) is 16.4. The van der Waals surface area contributed by atoms with E-state index in [1.54, 1.807) is 6.33 Å². The van der Waals surface area contributed by atoms with Crippen LogP contribution in [0, 0.1) is 12.8 Å². The Balaban J connectivity index is 0.00000261. The average Bonchev–Trinajstić information content (AvgIpc) is 3.11. The molecule has 2 aromatic carbocycles. The number of nitrogens with zero attached hydrogens (tertiary/aromatic N) is 1. The summed E-state index contributed by atoms with van der Waals surface area (Å²) in [5.41, 5.74) is 5.70. The zero-order valence-corrected chi connectivity index (χ0v) is 17.2. The number of imidazole rings is 1. The molecule has 0 aliphatic rings. The summed E-state index contributed by atoms with van der Waals surface area (Å²) in [6.07, 6.45) is 4.25. The molecule has 146 valence electrons. The second kappa shape index (κ2) is 10.3. The third kappa shape index (κ3) is 5.72. The van der Waals surface area contributed by atoms with Crippen LogP contribution in [0.5, 0.6) is 5.75 Å². The summed E-state index contributed by atoms with van der Waals surface area (Å²) in [5.74, 6) is 1.69. The van der Waals surface area contributed by atoms with Gasteiger partial charge in [0.1, 0.15) is 12.4 Å². The summed E-state index contributed by atoms with van der Waals surface area (Å²) >= 11 is 0. The maximum Gasteiger partial charge on any atom is 0.119 e. The third-order valence-corrected chi connectivity index (χ3v) is 4.69. The Morgan fingerprint density at radius 1 is 1.07 bits per heavy atom. The summed E-state index contributed by atoms with van der Waals surface area (Å²) in [6, 6.07) is 12.6. The zero-order chi connectivity index (χ0) is 18.4. The SMILES string of the molecule is Cc1c(-c2ccc(OCCNCCCC(C)C)cc2)ccc2[nH]cnc12.Cl. The van der Waals surface area contributed by atoms with Crippen molar-refractivity contribution < 1.29 is 4.74 Å². The highest BCUT2D eigenvalue weighted by Gasteiger charge is 2.07. The van der Waals surface area contributed by atoms with Crippen molar-refractivity contribution in [1.29, 1.82) is 0 Å². The molecule has 0 amide bonds. The number of aryl methyl sites for hydroxylation is 1. The molecule has 2 N–H and O–H groups in total. The molecule has 0 radical (unpaired) electrons. The van der Waals surface area contributed by atoms with Crippen molar-refractivity contribution in [2.24, 2.45) is 5.92 Å². The number of hydrogen-bond donors (Lipinski definition) is 2. The Bertz CT molecular complexity index is 827. The Morgan fingerprint density at radius 3 is 2.59 bits per heavy atom. The molecule has 0 atom stereocenters. The lowest BCUT2D eigenvalue weighted by Gasteiger charge is -2.10. The van der Waals surface area contributed by atoms with Crippen molar-refractivity contribution in [2.75, 3.05) is 19.7 Å². The van der Waals surface area contributed by atoms with Gasteiger partial charge in [-0.05, 0) is 67.1 Å². The van der Waals surface area contributed by atoms with E-state index < -0.39 is 0 Å². The highest BCUT2D eigenvalue weighted by Crippen LogP contribution is 2.29. The summed E-state index contributed by atoms with van der Waals surface area (Å²) in [6.45, 7) is 9.29. The van der Waals surface area contributed by atoms with Crippen molar-refractivity contribution in [3.63, 3.8) is 0 Å². The van der Waals surface area contributed by atoms with Gasteiger partial charge in [-0.25, -0.2) is 4.98 Å². The highest BCUT2D eigenvalue weighted by atomic mass is 35.5. The molecule has 3 rings (SSSR count). The molecule has 0 fully saturated rings. The van der Waals surface area contributed by atoms with Crippen molar-refractivity contribution in [3.8, 4) is 16.9 Å². The van der Waals surface area contributed by atoms with Crippen LogP contribution in [-0.4, -0.2) is 29.7 Å². The van der Waals surface area contributed by atoms with Gasteiger partial charge < -0.3 is 15.0 Å². The van der Waals surface area contributed by atoms with Crippen LogP contribution in [0.1, 0.15) is 32.3 Å². The van der Waals surface area contributed by atoms with E-state index in [0.29, 0.717) is 6.61 Å². The topological polar surface area (TPSA) is 49.9 Å². The number of halogens is 1. The van der Waals surface area contributed by atoms with Gasteiger partial charge in [-0.1, -0.05) is 32.0 Å². The molecule has 27 heavy (non-hydrogen) atoms. The second-order valence-corrected chi connectivity index (χ2v) is 7.20. The fourth-order valence-corrected chi connectivity index (χ4v) is 3.19. The second-order valence-electron chi connectivity index (χ2n) is 7.20. The number of ether oxygens (including phenoxy) is 1. The quantitative estimate of drug-likeness (QED) is 0.485. The van der Waals surface area contributed by atoms with E-state index >= 15 is 0 Å². The maximum atomic E-state index is 5.83. The van der Waals surface area contributed by atoms with Gasteiger partial charge >= 0.3 is 0 Å². The normalized spacial score (nSPS) is 11.0. The molecule has 4 nitrogen and oxygen atoms in total. The maximum absolute atomic E-state index is 5.83. The molecule has 0 spiro atoms. The number of rotatable bonds is 9. The molecule has 0 aliphatic heterocycles. The lowest BCUT2D eigenvalue weighted by atomic mass is 9.99. The van der Waals surface area contributed by atoms with E-state index in [0.717, 1.165) is 35.8 Å². The van der Waals surface area contributed by atoms with Crippen LogP contribution in [0.2, 0.25) is 0 Å². The average molecular weight is 388 g/mol. The van der Waals surface area contributed by atoms with E-state index in [9.17, 15) is 0 Å². The van der Waals surface area contributed by atoms with E-state index in [4.69, 9.17) is 4.74 Å². The van der Waals surface area contributed by atoms with Crippen LogP contribution < -0.4 is 10.1 Å². The third-order valence-electron chi connectivity index (χ3n) is 4.69. The molecular weight excluding hydrogens is 358 g/mol. The van der Waals surface area contributed by atoms with Crippen LogP contribution in [0.15, 0.2) is 42.7 Å². The van der Waals surface area contributed by atoms with E-state index in [2.05, 4.69) is 60.3 Å². The molecule has 1 aromatic heterocycles. The van der Waals surface area contributed by atoms with Crippen LogP contribution >= 0.6 is 12.4 Å². The number of hydrogen-bond acceptors (Lipinski definition) is 3. The van der Waals surface area contributed by atoms with Gasteiger partial charge in [0.05, 0.1) is 17.4 Å². The molecule has 5 heteroatoms. The number of aromatic amines is 1. The predicted molar refractivity (Wildman–Crippen MR) is 116 cm³/mol. The molecule has 0 unspecified atom stereocenters. The molecule has 0 saturated carbocycles. The largest absolute Gasteiger partial charge is 0.492 e. The summed E-state index contributed by atoms with van der Waals surface area (Å²) in [5, 5.41) is 3.44. The lowest BCUT2D eigenvalue weighted by Crippen LogP contribution is -2.22. The van der Waals surface area contributed by atoms with Crippen LogP contribution in [0.4, 0.5) is 0 Å². The Kier molecular flexibility index (Phi) is 8.14. The summed E-state index contributed by atoms with van der Waals surface area (Å²) in [7, 11) is 0. The van der Waals surface area contributed by atoms with Gasteiger partial charge in [0.25, 0.3) is 0 Å². The first-order valence-electron chi connectivity index (χ1n) is 9.52. The molecule has 0 bridgehead atoms. The highest BCUT2D eigenvalue weighted by molar-refractivity contribution is 5.86. The van der Waals surface area contributed by atoms with Crippen molar-refractivity contribution in [1.82, 2.24) is 15.3 Å². The van der Waals surface area contributed by atoms with Crippen LogP contribution in [0.3, 0.4) is 0 Å². The van der Waals surface area contributed by atoms with E-state index in [-0.39, 0.29) is 12.4 Å². The van der Waals surface area contributed by atoms with Gasteiger partial charge in [-0.3, -0.25) is 0 Å². The Hall–Kier alpha value is -2.04. The van der Waals surface area contributed by atoms with Gasteiger partial charge in [-0.15, -0.1) is 12.4 Å². The van der Waals surface area contributed by atoms with Gasteiger partial charge in [-0.2, -0.15) is 0 Å². The van der Waals surface area contributed by atoms with Gasteiger partial charge in [0.15, 0.2) is 0 Å². The predicted octanol–water partition coefficient (Wildman–Crippen LogP) is 5.36. The summed E-state index contributed by atoms with van der Waals surface area (Å²) in [4.78, 5) is 7.57.